The van der Waals surface area contributed by atoms with Gasteiger partial charge in [-0.2, -0.15) is 4.31 Å². The fourth-order valence-corrected chi connectivity index (χ4v) is 7.89. The van der Waals surface area contributed by atoms with Gasteiger partial charge in [-0.1, -0.05) is 12.1 Å². The highest BCUT2D eigenvalue weighted by Gasteiger charge is 2.45. The Kier molecular flexibility index (Phi) is 8.95. The molecule has 1 aromatic heterocycles. The number of halogens is 4. The Morgan fingerprint density at radius 2 is 1.69 bits per heavy atom. The summed E-state index contributed by atoms with van der Waals surface area (Å²) in [5.74, 6) is -4.19. The van der Waals surface area contributed by atoms with Crippen LogP contribution in [0.25, 0.3) is 0 Å². The van der Waals surface area contributed by atoms with Crippen molar-refractivity contribution in [3.63, 3.8) is 0 Å². The van der Waals surface area contributed by atoms with E-state index in [2.05, 4.69) is 15.6 Å². The normalized spacial score (nSPS) is 20.3. The SMILES string of the molecule is CC1CNCC(CCc2c(F)cncc2NC(=O)CC(c2ccc(F)cc2)c2cc(F)cc(F)c2)N1S(=O)(=O)C1CC1. The molecule has 0 bridgehead atoms. The number of anilines is 1. The number of aromatic nitrogens is 1. The van der Waals surface area contributed by atoms with E-state index >= 15 is 4.39 Å². The number of nitrogens with zero attached hydrogens (tertiary/aromatic N) is 2. The van der Waals surface area contributed by atoms with Crippen molar-refractivity contribution in [2.75, 3.05) is 18.4 Å². The topological polar surface area (TPSA) is 91.4 Å². The third kappa shape index (κ3) is 6.82. The highest BCUT2D eigenvalue weighted by Crippen LogP contribution is 2.35. The van der Waals surface area contributed by atoms with Crippen LogP contribution in [0.1, 0.15) is 55.2 Å². The molecule has 7 nitrogen and oxygen atoms in total. The highest BCUT2D eigenvalue weighted by atomic mass is 32.2. The van der Waals surface area contributed by atoms with Crippen molar-refractivity contribution in [2.45, 2.75) is 62.3 Å². The minimum Gasteiger partial charge on any atom is -0.324 e. The van der Waals surface area contributed by atoms with Crippen molar-refractivity contribution in [1.29, 1.82) is 0 Å². The molecule has 1 aliphatic heterocycles. The molecule has 0 spiro atoms. The number of pyridine rings is 1. The molecule has 2 heterocycles. The number of benzene rings is 2. The van der Waals surface area contributed by atoms with Crippen LogP contribution in [0.4, 0.5) is 23.2 Å². The molecule has 1 saturated carbocycles. The zero-order chi connectivity index (χ0) is 30.0. The van der Waals surface area contributed by atoms with Crippen LogP contribution < -0.4 is 10.6 Å². The number of carbonyl (C=O) groups excluding carboxylic acids is 1. The van der Waals surface area contributed by atoms with Gasteiger partial charge in [0.1, 0.15) is 23.3 Å². The summed E-state index contributed by atoms with van der Waals surface area (Å²) >= 11 is 0. The Balaban J connectivity index is 1.35. The molecule has 1 amide bonds. The molecule has 12 heteroatoms. The number of hydrogen-bond donors (Lipinski definition) is 2. The molecule has 5 rings (SSSR count). The lowest BCUT2D eigenvalue weighted by molar-refractivity contribution is -0.116. The number of hydrogen-bond acceptors (Lipinski definition) is 5. The Bertz CT molecular complexity index is 1530. The molecular formula is C30H32F4N4O3S. The molecule has 1 saturated heterocycles. The van der Waals surface area contributed by atoms with E-state index in [4.69, 9.17) is 0 Å². The maximum absolute atomic E-state index is 15.0. The summed E-state index contributed by atoms with van der Waals surface area (Å²) in [5.41, 5.74) is 0.944. The van der Waals surface area contributed by atoms with Crippen LogP contribution in [0, 0.1) is 23.3 Å². The number of rotatable bonds is 10. The van der Waals surface area contributed by atoms with Gasteiger partial charge in [-0.15, -0.1) is 0 Å². The number of carbonyl (C=O) groups is 1. The third-order valence-corrected chi connectivity index (χ3v) is 10.4. The number of sulfonamides is 1. The van der Waals surface area contributed by atoms with Gasteiger partial charge in [-0.05, 0) is 68.0 Å². The number of piperazine rings is 1. The van der Waals surface area contributed by atoms with Crippen molar-refractivity contribution in [3.8, 4) is 0 Å². The second kappa shape index (κ2) is 12.5. The second-order valence-corrected chi connectivity index (χ2v) is 13.1. The molecule has 2 aliphatic rings. The fraction of sp³-hybridized carbons (Fsp3) is 0.400. The smallest absolute Gasteiger partial charge is 0.225 e. The van der Waals surface area contributed by atoms with Gasteiger partial charge in [0.2, 0.25) is 15.9 Å². The molecule has 3 atom stereocenters. The molecular weight excluding hydrogens is 572 g/mol. The van der Waals surface area contributed by atoms with Gasteiger partial charge < -0.3 is 10.6 Å². The first-order valence-electron chi connectivity index (χ1n) is 13.9. The van der Waals surface area contributed by atoms with E-state index in [0.717, 1.165) is 24.4 Å². The summed E-state index contributed by atoms with van der Waals surface area (Å²) in [6, 6.07) is 7.57. The Labute approximate surface area is 242 Å². The van der Waals surface area contributed by atoms with Crippen LogP contribution in [0.15, 0.2) is 54.9 Å². The third-order valence-electron chi connectivity index (χ3n) is 7.81. The molecule has 0 radical (unpaired) electrons. The van der Waals surface area contributed by atoms with E-state index in [9.17, 15) is 26.4 Å². The molecule has 3 unspecified atom stereocenters. The summed E-state index contributed by atoms with van der Waals surface area (Å²) < 4.78 is 84.6. The average Bonchev–Trinajstić information content (AvgIpc) is 3.78. The summed E-state index contributed by atoms with van der Waals surface area (Å²) in [6.07, 6.45) is 3.80. The lowest BCUT2D eigenvalue weighted by Crippen LogP contribution is -2.59. The van der Waals surface area contributed by atoms with Gasteiger partial charge in [0.05, 0.1) is 23.3 Å². The maximum atomic E-state index is 15.0. The van der Waals surface area contributed by atoms with E-state index in [1.165, 1.54) is 30.5 Å². The summed E-state index contributed by atoms with van der Waals surface area (Å²) in [4.78, 5) is 17.1. The van der Waals surface area contributed by atoms with Gasteiger partial charge in [0.15, 0.2) is 0 Å². The lowest BCUT2D eigenvalue weighted by Gasteiger charge is -2.40. The van der Waals surface area contributed by atoms with Crippen molar-refractivity contribution >= 4 is 21.6 Å². The van der Waals surface area contributed by atoms with Gasteiger partial charge >= 0.3 is 0 Å². The van der Waals surface area contributed by atoms with Crippen molar-refractivity contribution in [2.24, 2.45) is 0 Å². The number of amides is 1. The zero-order valence-corrected chi connectivity index (χ0v) is 23.8. The van der Waals surface area contributed by atoms with Crippen LogP contribution in [0.3, 0.4) is 0 Å². The standard InChI is InChI=1S/C30H32F4N4O3S/c1-18-14-35-15-24(38(18)42(40,41)25-7-8-25)6-9-26-28(34)16-36-17-29(26)37-30(39)13-27(19-2-4-21(31)5-3-19)20-10-22(32)12-23(33)11-20/h2-5,10-12,16-18,24-25,27,35H,6-9,13-15H2,1H3,(H,37,39). The van der Waals surface area contributed by atoms with Gasteiger partial charge in [0.25, 0.3) is 0 Å². The van der Waals surface area contributed by atoms with Crippen molar-refractivity contribution in [3.05, 3.63) is 94.8 Å². The zero-order valence-electron chi connectivity index (χ0n) is 23.0. The minimum atomic E-state index is -3.47. The molecule has 2 fully saturated rings. The van der Waals surface area contributed by atoms with E-state index in [1.54, 1.807) is 4.31 Å². The van der Waals surface area contributed by atoms with Gasteiger partial charge in [-0.25, -0.2) is 26.0 Å². The van der Waals surface area contributed by atoms with Crippen molar-refractivity contribution < 1.29 is 30.8 Å². The Hall–Kier alpha value is -3.35. The van der Waals surface area contributed by atoms with Crippen LogP contribution in [-0.4, -0.2) is 54.0 Å². The number of nitrogens with one attached hydrogen (secondary N) is 2. The molecule has 1 aliphatic carbocycles. The van der Waals surface area contributed by atoms with Crippen LogP contribution in [0.2, 0.25) is 0 Å². The first-order valence-corrected chi connectivity index (χ1v) is 15.4. The highest BCUT2D eigenvalue weighted by molar-refractivity contribution is 7.90. The largest absolute Gasteiger partial charge is 0.324 e. The molecule has 42 heavy (non-hydrogen) atoms. The van der Waals surface area contributed by atoms with E-state index in [-0.39, 0.29) is 47.0 Å². The van der Waals surface area contributed by atoms with Gasteiger partial charge in [-0.3, -0.25) is 9.78 Å². The monoisotopic (exact) mass is 604 g/mol. The van der Waals surface area contributed by atoms with Crippen LogP contribution in [0.5, 0.6) is 0 Å². The second-order valence-electron chi connectivity index (χ2n) is 11.0. The summed E-state index contributed by atoms with van der Waals surface area (Å²) in [5, 5.41) is 5.56. The predicted molar refractivity (Wildman–Crippen MR) is 150 cm³/mol. The first-order chi connectivity index (χ1) is 20.0. The van der Waals surface area contributed by atoms with Crippen LogP contribution >= 0.6 is 0 Å². The predicted octanol–water partition coefficient (Wildman–Crippen LogP) is 4.89. The van der Waals surface area contributed by atoms with E-state index in [0.29, 0.717) is 37.9 Å². The average molecular weight is 605 g/mol. The molecule has 2 N–H and O–H groups in total. The van der Waals surface area contributed by atoms with E-state index in [1.807, 2.05) is 6.92 Å². The van der Waals surface area contributed by atoms with Crippen molar-refractivity contribution in [1.82, 2.24) is 14.6 Å². The fourth-order valence-electron chi connectivity index (χ4n) is 5.65. The minimum absolute atomic E-state index is 0.122. The molecule has 3 aromatic rings. The lowest BCUT2D eigenvalue weighted by atomic mass is 9.88. The summed E-state index contributed by atoms with van der Waals surface area (Å²) in [7, 11) is -3.47. The van der Waals surface area contributed by atoms with Crippen LogP contribution in [-0.2, 0) is 21.2 Å². The van der Waals surface area contributed by atoms with E-state index < -0.39 is 45.1 Å². The molecule has 2 aromatic carbocycles. The Morgan fingerprint density at radius 1 is 1.00 bits per heavy atom. The summed E-state index contributed by atoms with van der Waals surface area (Å²) in [6.45, 7) is 2.80. The van der Waals surface area contributed by atoms with Gasteiger partial charge in [0, 0.05) is 49.1 Å². The Morgan fingerprint density at radius 3 is 2.36 bits per heavy atom. The maximum Gasteiger partial charge on any atom is 0.225 e. The molecule has 224 valence electrons. The quantitative estimate of drug-likeness (QED) is 0.322. The first kappa shape index (κ1) is 30.1.